The van der Waals surface area contributed by atoms with E-state index in [2.05, 4.69) is 26.0 Å². The number of nitrogen functional groups attached to an aromatic ring is 1. The average Bonchev–Trinajstić information content (AvgIpc) is 2.90. The number of esters is 1. The number of carbonyl (C=O) groups excluding carboxylic acids is 1. The third-order valence-electron chi connectivity index (χ3n) is 4.99. The van der Waals surface area contributed by atoms with Gasteiger partial charge >= 0.3 is 5.97 Å². The standard InChI is InChI=1S/C22H30N8O5/c23-12-15-1-2-19(26-14-15)28-21-17(30-25)11-18(22(29-21)27-16-3-5-32-6-4-16)34-9-7-33-8-10-35-20(31)13-24/h1-2,11,14,16,30H,3-10,13,24-25H2,(H2,26,27,28,29). The molecule has 2 aromatic heterocycles. The molecule has 7 N–H and O–H groups in total. The Labute approximate surface area is 203 Å². The minimum absolute atomic E-state index is 0.124. The lowest BCUT2D eigenvalue weighted by atomic mass is 10.1. The molecule has 0 aromatic carbocycles. The van der Waals surface area contributed by atoms with Gasteiger partial charge in [-0.15, -0.1) is 0 Å². The molecule has 0 atom stereocenters. The minimum Gasteiger partial charge on any atom is -0.487 e. The number of nitrogens with zero attached hydrogens (tertiary/aromatic N) is 3. The number of nitrogens with two attached hydrogens (primary N) is 2. The SMILES string of the molecule is N#Cc1ccc(Nc2nc(NC3CCOCC3)c(OCCOCCOC(=O)CN)cc2NN)nc1. The molecule has 35 heavy (non-hydrogen) atoms. The number of ether oxygens (including phenoxy) is 4. The van der Waals surface area contributed by atoms with Crippen molar-refractivity contribution in [3.63, 3.8) is 0 Å². The summed E-state index contributed by atoms with van der Waals surface area (Å²) in [5.74, 6) is 7.21. The zero-order valence-corrected chi connectivity index (χ0v) is 19.3. The van der Waals surface area contributed by atoms with Crippen LogP contribution in [-0.2, 0) is 19.0 Å². The summed E-state index contributed by atoms with van der Waals surface area (Å²) in [5, 5.41) is 15.5. The lowest BCUT2D eigenvalue weighted by molar-refractivity contribution is -0.143. The fourth-order valence-electron chi connectivity index (χ4n) is 3.19. The van der Waals surface area contributed by atoms with Crippen molar-refractivity contribution in [2.24, 2.45) is 11.6 Å². The summed E-state index contributed by atoms with van der Waals surface area (Å²) in [4.78, 5) is 19.9. The maximum Gasteiger partial charge on any atom is 0.319 e. The summed E-state index contributed by atoms with van der Waals surface area (Å²) in [6.45, 7) is 2.04. The van der Waals surface area contributed by atoms with Crippen molar-refractivity contribution in [3.8, 4) is 11.8 Å². The number of aromatic nitrogens is 2. The van der Waals surface area contributed by atoms with E-state index < -0.39 is 5.97 Å². The Kier molecular flexibility index (Phi) is 10.3. The first-order valence-electron chi connectivity index (χ1n) is 11.2. The predicted octanol–water partition coefficient (Wildman–Crippen LogP) is 0.866. The quantitative estimate of drug-likeness (QED) is 0.116. The molecule has 1 aliphatic rings. The van der Waals surface area contributed by atoms with Crippen LogP contribution in [0.15, 0.2) is 24.4 Å². The van der Waals surface area contributed by atoms with Gasteiger partial charge < -0.3 is 40.7 Å². The van der Waals surface area contributed by atoms with E-state index in [9.17, 15) is 4.79 Å². The Hall–Kier alpha value is -3.70. The lowest BCUT2D eigenvalue weighted by Gasteiger charge is -2.25. The largest absolute Gasteiger partial charge is 0.487 e. The van der Waals surface area contributed by atoms with Gasteiger partial charge in [-0.05, 0) is 25.0 Å². The van der Waals surface area contributed by atoms with Crippen LogP contribution >= 0.6 is 0 Å². The van der Waals surface area contributed by atoms with E-state index in [1.54, 1.807) is 18.2 Å². The van der Waals surface area contributed by atoms with Crippen LogP contribution in [0.25, 0.3) is 0 Å². The van der Waals surface area contributed by atoms with E-state index in [-0.39, 0.29) is 39.0 Å². The monoisotopic (exact) mass is 486 g/mol. The topological polar surface area (TPSA) is 192 Å². The number of nitrogens with one attached hydrogen (secondary N) is 3. The van der Waals surface area contributed by atoms with E-state index in [4.69, 9.17) is 35.8 Å². The second kappa shape index (κ2) is 13.9. The number of rotatable bonds is 13. The highest BCUT2D eigenvalue weighted by Gasteiger charge is 2.19. The first kappa shape index (κ1) is 25.9. The van der Waals surface area contributed by atoms with Crippen LogP contribution < -0.4 is 32.4 Å². The van der Waals surface area contributed by atoms with Crippen LogP contribution in [0.5, 0.6) is 5.75 Å². The maximum absolute atomic E-state index is 11.0. The van der Waals surface area contributed by atoms with Crippen molar-refractivity contribution in [1.29, 1.82) is 5.26 Å². The molecule has 1 fully saturated rings. The van der Waals surface area contributed by atoms with Gasteiger partial charge in [-0.2, -0.15) is 5.26 Å². The van der Waals surface area contributed by atoms with Gasteiger partial charge in [-0.25, -0.2) is 9.97 Å². The minimum atomic E-state index is -0.480. The van der Waals surface area contributed by atoms with Crippen molar-refractivity contribution < 1.29 is 23.7 Å². The molecule has 1 saturated heterocycles. The van der Waals surface area contributed by atoms with E-state index in [0.717, 1.165) is 12.8 Å². The number of carbonyl (C=O) groups is 1. The second-order valence-electron chi connectivity index (χ2n) is 7.46. The molecule has 188 valence electrons. The smallest absolute Gasteiger partial charge is 0.319 e. The lowest BCUT2D eigenvalue weighted by Crippen LogP contribution is -2.28. The highest BCUT2D eigenvalue weighted by Crippen LogP contribution is 2.33. The predicted molar refractivity (Wildman–Crippen MR) is 128 cm³/mol. The fraction of sp³-hybridized carbons (Fsp3) is 0.455. The number of hydrogen-bond acceptors (Lipinski definition) is 13. The van der Waals surface area contributed by atoms with Crippen molar-refractivity contribution in [3.05, 3.63) is 30.0 Å². The van der Waals surface area contributed by atoms with E-state index >= 15 is 0 Å². The molecule has 13 heteroatoms. The highest BCUT2D eigenvalue weighted by molar-refractivity contribution is 5.75. The number of nitriles is 1. The van der Waals surface area contributed by atoms with Crippen molar-refractivity contribution in [2.45, 2.75) is 18.9 Å². The normalized spacial score (nSPS) is 13.5. The van der Waals surface area contributed by atoms with Crippen LogP contribution in [0.1, 0.15) is 18.4 Å². The Balaban J connectivity index is 1.68. The van der Waals surface area contributed by atoms with Gasteiger partial charge in [-0.3, -0.25) is 10.6 Å². The molecule has 0 radical (unpaired) electrons. The van der Waals surface area contributed by atoms with Crippen LogP contribution in [0.3, 0.4) is 0 Å². The van der Waals surface area contributed by atoms with Crippen LogP contribution in [-0.4, -0.2) is 68.2 Å². The molecule has 13 nitrogen and oxygen atoms in total. The summed E-state index contributed by atoms with van der Waals surface area (Å²) in [5.41, 5.74) is 8.74. The molecule has 0 spiro atoms. The molecule has 0 bridgehead atoms. The number of anilines is 4. The summed E-state index contributed by atoms with van der Waals surface area (Å²) < 4.78 is 21.7. The van der Waals surface area contributed by atoms with E-state index in [1.807, 2.05) is 6.07 Å². The van der Waals surface area contributed by atoms with E-state index in [1.165, 1.54) is 6.20 Å². The molecule has 1 aliphatic heterocycles. The Morgan fingerprint density at radius 3 is 2.69 bits per heavy atom. The molecule has 0 unspecified atom stereocenters. The summed E-state index contributed by atoms with van der Waals surface area (Å²) in [6.07, 6.45) is 3.14. The molecule has 0 aliphatic carbocycles. The van der Waals surface area contributed by atoms with Crippen LogP contribution in [0, 0.1) is 11.3 Å². The van der Waals surface area contributed by atoms with E-state index in [0.29, 0.717) is 47.7 Å². The van der Waals surface area contributed by atoms with Gasteiger partial charge in [0.25, 0.3) is 0 Å². The third-order valence-corrected chi connectivity index (χ3v) is 4.99. The maximum atomic E-state index is 11.0. The summed E-state index contributed by atoms with van der Waals surface area (Å²) >= 11 is 0. The highest BCUT2D eigenvalue weighted by atomic mass is 16.6. The van der Waals surface area contributed by atoms with Gasteiger partial charge in [0.2, 0.25) is 0 Å². The summed E-state index contributed by atoms with van der Waals surface area (Å²) in [7, 11) is 0. The van der Waals surface area contributed by atoms with Gasteiger partial charge in [0, 0.05) is 31.5 Å². The fourth-order valence-corrected chi connectivity index (χ4v) is 3.19. The molecule has 2 aromatic rings. The summed E-state index contributed by atoms with van der Waals surface area (Å²) in [6, 6.07) is 7.26. The van der Waals surface area contributed by atoms with Crippen molar-refractivity contribution in [2.75, 3.05) is 62.2 Å². The van der Waals surface area contributed by atoms with Gasteiger partial charge in [0.05, 0.1) is 31.0 Å². The van der Waals surface area contributed by atoms with Crippen molar-refractivity contribution in [1.82, 2.24) is 9.97 Å². The number of hydrogen-bond donors (Lipinski definition) is 5. The first-order chi connectivity index (χ1) is 17.1. The molecule has 0 amide bonds. The Morgan fingerprint density at radius 1 is 1.20 bits per heavy atom. The van der Waals surface area contributed by atoms with Crippen molar-refractivity contribution >= 4 is 29.1 Å². The zero-order valence-electron chi connectivity index (χ0n) is 19.3. The molecule has 3 rings (SSSR count). The molecule has 0 saturated carbocycles. The van der Waals surface area contributed by atoms with Gasteiger partial charge in [-0.1, -0.05) is 0 Å². The number of hydrazine groups is 1. The average molecular weight is 487 g/mol. The first-order valence-corrected chi connectivity index (χ1v) is 11.2. The van der Waals surface area contributed by atoms with Gasteiger partial charge in [0.15, 0.2) is 17.4 Å². The molecule has 3 heterocycles. The Morgan fingerprint density at radius 2 is 2.00 bits per heavy atom. The van der Waals surface area contributed by atoms with Crippen LogP contribution in [0.4, 0.5) is 23.1 Å². The molecular formula is C22H30N8O5. The van der Waals surface area contributed by atoms with Gasteiger partial charge in [0.1, 0.15) is 25.1 Å². The third kappa shape index (κ3) is 8.23. The second-order valence-corrected chi connectivity index (χ2v) is 7.46. The zero-order chi connectivity index (χ0) is 24.9. The van der Waals surface area contributed by atoms with Crippen LogP contribution in [0.2, 0.25) is 0 Å². The number of pyridine rings is 2. The Bertz CT molecular complexity index is 993. The molecular weight excluding hydrogens is 456 g/mol.